The molecule has 188 valence electrons. The quantitative estimate of drug-likeness (QED) is 0.285. The van der Waals surface area contributed by atoms with Gasteiger partial charge in [-0.2, -0.15) is 4.98 Å². The van der Waals surface area contributed by atoms with Gasteiger partial charge in [-0.1, -0.05) is 35.0 Å². The van der Waals surface area contributed by atoms with Crippen molar-refractivity contribution in [2.75, 3.05) is 18.4 Å². The average Bonchev–Trinajstić information content (AvgIpc) is 3.51. The molecule has 5 aromatic rings. The van der Waals surface area contributed by atoms with Crippen LogP contribution in [0.25, 0.3) is 33.2 Å². The first-order valence-corrected chi connectivity index (χ1v) is 13.1. The van der Waals surface area contributed by atoms with E-state index in [4.69, 9.17) is 16.1 Å². The molecule has 1 fully saturated rings. The van der Waals surface area contributed by atoms with Gasteiger partial charge >= 0.3 is 0 Å². The Balaban J connectivity index is 1.14. The molecule has 8 heteroatoms. The summed E-state index contributed by atoms with van der Waals surface area (Å²) in [6.45, 7) is 5.12. The second-order valence-electron chi connectivity index (χ2n) is 9.58. The fraction of sp³-hybridized carbons (Fsp3) is 0.276. The number of piperidine rings is 1. The predicted molar refractivity (Wildman–Crippen MR) is 146 cm³/mol. The zero-order valence-electron chi connectivity index (χ0n) is 20.7. The zero-order chi connectivity index (χ0) is 25.4. The Bertz CT molecular complexity index is 1570. The van der Waals surface area contributed by atoms with Crippen molar-refractivity contribution in [3.8, 4) is 11.4 Å². The van der Waals surface area contributed by atoms with Gasteiger partial charge in [0.05, 0.1) is 12.5 Å². The van der Waals surface area contributed by atoms with Crippen molar-refractivity contribution in [3.63, 3.8) is 0 Å². The first kappa shape index (κ1) is 23.7. The lowest BCUT2D eigenvalue weighted by atomic mass is 9.97. The summed E-state index contributed by atoms with van der Waals surface area (Å²) < 4.78 is 7.80. The summed E-state index contributed by atoms with van der Waals surface area (Å²) in [5.41, 5.74) is 4.09. The Kier molecular flexibility index (Phi) is 6.40. The Morgan fingerprint density at radius 2 is 1.89 bits per heavy atom. The number of aryl methyl sites for hydroxylation is 1. The highest BCUT2D eigenvalue weighted by Crippen LogP contribution is 2.31. The smallest absolute Gasteiger partial charge is 0.241 e. The van der Waals surface area contributed by atoms with Crippen LogP contribution >= 0.6 is 11.6 Å². The highest BCUT2D eigenvalue weighted by Gasteiger charge is 2.27. The van der Waals surface area contributed by atoms with Gasteiger partial charge in [0.1, 0.15) is 0 Å². The van der Waals surface area contributed by atoms with Gasteiger partial charge in [-0.05, 0) is 74.8 Å². The van der Waals surface area contributed by atoms with E-state index in [1.54, 1.807) is 12.1 Å². The Hall–Kier alpha value is -3.68. The van der Waals surface area contributed by atoms with Gasteiger partial charge in [0.25, 0.3) is 0 Å². The first-order chi connectivity index (χ1) is 18.1. The largest absolute Gasteiger partial charge is 0.341 e. The third-order valence-electron chi connectivity index (χ3n) is 7.16. The van der Waals surface area contributed by atoms with Crippen molar-refractivity contribution in [2.45, 2.75) is 32.9 Å². The summed E-state index contributed by atoms with van der Waals surface area (Å²) in [5.74, 6) is 1.04. The first-order valence-electron chi connectivity index (χ1n) is 12.7. The van der Waals surface area contributed by atoms with E-state index in [0.29, 0.717) is 29.8 Å². The third-order valence-corrected chi connectivity index (χ3v) is 7.41. The number of aromatic nitrogens is 3. The van der Waals surface area contributed by atoms with Crippen LogP contribution in [0.3, 0.4) is 0 Å². The standard InChI is InChI=1S/C29H28ClN5O2/c1-2-35-25-8-4-3-7-23(25)24-16-22(13-14-26(24)35)31-29(36)20-6-5-15-34(17-20)18-27-32-28(33-37-27)19-9-11-21(30)12-10-19/h3-4,7-14,16,20H,2,5-6,15,17-18H2,1H3,(H,31,36). The highest BCUT2D eigenvalue weighted by atomic mass is 35.5. The maximum absolute atomic E-state index is 13.2. The average molecular weight is 514 g/mol. The Labute approximate surface area is 220 Å². The van der Waals surface area contributed by atoms with E-state index >= 15 is 0 Å². The van der Waals surface area contributed by atoms with Crippen molar-refractivity contribution in [1.29, 1.82) is 0 Å². The number of para-hydroxylation sites is 1. The lowest BCUT2D eigenvalue weighted by Gasteiger charge is -2.30. The maximum atomic E-state index is 13.2. The number of anilines is 1. The minimum absolute atomic E-state index is 0.0515. The van der Waals surface area contributed by atoms with Crippen LogP contribution in [0, 0.1) is 5.92 Å². The van der Waals surface area contributed by atoms with Crippen LogP contribution in [0.5, 0.6) is 0 Å². The number of nitrogens with zero attached hydrogens (tertiary/aromatic N) is 4. The summed E-state index contributed by atoms with van der Waals surface area (Å²) in [7, 11) is 0. The van der Waals surface area contributed by atoms with Crippen molar-refractivity contribution < 1.29 is 9.32 Å². The lowest BCUT2D eigenvalue weighted by molar-refractivity contribution is -0.121. The number of carbonyl (C=O) groups excluding carboxylic acids is 1. The van der Waals surface area contributed by atoms with Crippen molar-refractivity contribution in [1.82, 2.24) is 19.6 Å². The zero-order valence-corrected chi connectivity index (χ0v) is 21.4. The van der Waals surface area contributed by atoms with Gasteiger partial charge < -0.3 is 14.4 Å². The van der Waals surface area contributed by atoms with Crippen LogP contribution in [0.15, 0.2) is 71.3 Å². The molecule has 1 aliphatic heterocycles. The molecule has 1 atom stereocenters. The molecular weight excluding hydrogens is 486 g/mol. The van der Waals surface area contributed by atoms with Crippen LogP contribution in [-0.2, 0) is 17.9 Å². The predicted octanol–water partition coefficient (Wildman–Crippen LogP) is 6.37. The summed E-state index contributed by atoms with van der Waals surface area (Å²) in [5, 5.41) is 10.3. The summed E-state index contributed by atoms with van der Waals surface area (Å²) in [4.78, 5) is 20.0. The van der Waals surface area contributed by atoms with E-state index in [1.807, 2.05) is 18.2 Å². The fourth-order valence-electron chi connectivity index (χ4n) is 5.36. The van der Waals surface area contributed by atoms with Crippen LogP contribution in [0.2, 0.25) is 5.02 Å². The molecular formula is C29H28ClN5O2. The lowest BCUT2D eigenvalue weighted by Crippen LogP contribution is -2.40. The number of hydrogen-bond acceptors (Lipinski definition) is 5. The van der Waals surface area contributed by atoms with Crippen LogP contribution in [0.4, 0.5) is 5.69 Å². The van der Waals surface area contributed by atoms with E-state index in [9.17, 15) is 4.79 Å². The van der Waals surface area contributed by atoms with E-state index in [2.05, 4.69) is 68.2 Å². The molecule has 3 aromatic carbocycles. The van der Waals surface area contributed by atoms with E-state index in [1.165, 1.54) is 16.4 Å². The van der Waals surface area contributed by atoms with E-state index in [0.717, 1.165) is 42.6 Å². The van der Waals surface area contributed by atoms with Crippen LogP contribution in [0.1, 0.15) is 25.7 Å². The normalized spacial score (nSPS) is 16.4. The summed E-state index contributed by atoms with van der Waals surface area (Å²) in [6.07, 6.45) is 1.80. The minimum Gasteiger partial charge on any atom is -0.341 e. The number of fused-ring (bicyclic) bond motifs is 3. The van der Waals surface area contributed by atoms with Gasteiger partial charge in [0, 0.05) is 51.2 Å². The van der Waals surface area contributed by atoms with Gasteiger partial charge in [-0.3, -0.25) is 9.69 Å². The van der Waals surface area contributed by atoms with Gasteiger partial charge in [0.2, 0.25) is 17.6 Å². The number of amides is 1. The number of halogens is 1. The molecule has 1 amide bonds. The van der Waals surface area contributed by atoms with E-state index in [-0.39, 0.29) is 11.8 Å². The number of nitrogens with one attached hydrogen (secondary N) is 1. The molecule has 3 heterocycles. The monoisotopic (exact) mass is 513 g/mol. The second-order valence-corrected chi connectivity index (χ2v) is 10.0. The molecule has 0 aliphatic carbocycles. The van der Waals surface area contributed by atoms with Crippen molar-refractivity contribution >= 4 is 45.0 Å². The molecule has 1 aliphatic rings. The second kappa shape index (κ2) is 10.00. The Morgan fingerprint density at radius 3 is 2.73 bits per heavy atom. The van der Waals surface area contributed by atoms with Gasteiger partial charge in [-0.15, -0.1) is 0 Å². The topological polar surface area (TPSA) is 76.2 Å². The highest BCUT2D eigenvalue weighted by molar-refractivity contribution is 6.30. The molecule has 0 bridgehead atoms. The SMILES string of the molecule is CCn1c2ccccc2c2cc(NC(=O)C3CCCN(Cc4nc(-c5ccc(Cl)cc5)no4)C3)ccc21. The number of carbonyl (C=O) groups is 1. The Morgan fingerprint density at radius 1 is 1.08 bits per heavy atom. The number of benzene rings is 3. The molecule has 6 rings (SSSR count). The molecule has 0 spiro atoms. The molecule has 0 radical (unpaired) electrons. The molecule has 0 saturated carbocycles. The fourth-order valence-corrected chi connectivity index (χ4v) is 5.48. The molecule has 1 unspecified atom stereocenters. The minimum atomic E-state index is -0.0971. The summed E-state index contributed by atoms with van der Waals surface area (Å²) >= 11 is 5.97. The molecule has 1 N–H and O–H groups in total. The molecule has 7 nitrogen and oxygen atoms in total. The van der Waals surface area contributed by atoms with Crippen LogP contribution < -0.4 is 5.32 Å². The summed E-state index contributed by atoms with van der Waals surface area (Å²) in [6, 6.07) is 22.0. The molecule has 37 heavy (non-hydrogen) atoms. The van der Waals surface area contributed by atoms with Crippen LogP contribution in [-0.4, -0.2) is 38.6 Å². The van der Waals surface area contributed by atoms with E-state index < -0.39 is 0 Å². The number of rotatable bonds is 6. The van der Waals surface area contributed by atoms with Crippen molar-refractivity contribution in [2.24, 2.45) is 5.92 Å². The number of hydrogen-bond donors (Lipinski definition) is 1. The van der Waals surface area contributed by atoms with Gasteiger partial charge in [-0.25, -0.2) is 0 Å². The van der Waals surface area contributed by atoms with Crippen molar-refractivity contribution in [3.05, 3.63) is 77.6 Å². The van der Waals surface area contributed by atoms with Gasteiger partial charge in [0.15, 0.2) is 0 Å². The number of likely N-dealkylation sites (tertiary alicyclic amines) is 1. The maximum Gasteiger partial charge on any atom is 0.241 e. The third kappa shape index (κ3) is 4.72. The molecule has 1 saturated heterocycles. The molecule has 2 aromatic heterocycles.